The van der Waals surface area contributed by atoms with Crippen molar-refractivity contribution in [3.63, 3.8) is 0 Å². The number of nitrogens with zero attached hydrogens (tertiary/aromatic N) is 3. The number of anilines is 1. The third-order valence-corrected chi connectivity index (χ3v) is 4.90. The number of hydrogen-bond donors (Lipinski definition) is 2. The number of hydrogen-bond acceptors (Lipinski definition) is 5. The topological polar surface area (TPSA) is 85.3 Å². The minimum absolute atomic E-state index is 0.184. The molecule has 4 rings (SSSR count). The third kappa shape index (κ3) is 2.28. The van der Waals surface area contributed by atoms with E-state index in [1.54, 1.807) is 10.7 Å². The van der Waals surface area contributed by atoms with Gasteiger partial charge in [0.05, 0.1) is 23.0 Å². The molecule has 0 radical (unpaired) electrons. The number of nitrogens with one attached hydrogen (secondary N) is 1. The van der Waals surface area contributed by atoms with Crippen LogP contribution in [-0.4, -0.2) is 26.5 Å². The summed E-state index contributed by atoms with van der Waals surface area (Å²) in [4.78, 5) is 18.2. The van der Waals surface area contributed by atoms with Crippen molar-refractivity contribution < 1.29 is 4.79 Å². The Labute approximate surface area is 131 Å². The van der Waals surface area contributed by atoms with Crippen molar-refractivity contribution in [2.75, 3.05) is 5.32 Å². The molecule has 0 aliphatic heterocycles. The molecular formula is C15H15N5OS. The number of pyridine rings is 1. The predicted octanol–water partition coefficient (Wildman–Crippen LogP) is 1.86. The second-order valence-electron chi connectivity index (χ2n) is 5.43. The van der Waals surface area contributed by atoms with E-state index in [9.17, 15) is 4.79 Å². The van der Waals surface area contributed by atoms with E-state index in [0.29, 0.717) is 10.7 Å². The summed E-state index contributed by atoms with van der Waals surface area (Å²) in [7, 11) is 0. The summed E-state index contributed by atoms with van der Waals surface area (Å²) in [6.45, 7) is 0. The molecule has 0 spiro atoms. The highest BCUT2D eigenvalue weighted by atomic mass is 32.1. The number of rotatable bonds is 2. The van der Waals surface area contributed by atoms with Crippen molar-refractivity contribution in [2.45, 2.75) is 25.3 Å². The highest BCUT2D eigenvalue weighted by Crippen LogP contribution is 2.29. The molecule has 0 saturated carbocycles. The van der Waals surface area contributed by atoms with Gasteiger partial charge in [0.1, 0.15) is 0 Å². The van der Waals surface area contributed by atoms with Gasteiger partial charge in [-0.15, -0.1) is 11.3 Å². The minimum atomic E-state index is -0.184. The van der Waals surface area contributed by atoms with E-state index in [2.05, 4.69) is 15.4 Å². The Morgan fingerprint density at radius 2 is 2.36 bits per heavy atom. The Balaban J connectivity index is 1.60. The van der Waals surface area contributed by atoms with Gasteiger partial charge in [-0.3, -0.25) is 10.1 Å². The van der Waals surface area contributed by atoms with E-state index < -0.39 is 0 Å². The van der Waals surface area contributed by atoms with Crippen LogP contribution in [0.25, 0.3) is 5.52 Å². The quantitative estimate of drug-likeness (QED) is 0.756. The zero-order valence-corrected chi connectivity index (χ0v) is 12.6. The smallest absolute Gasteiger partial charge is 0.261 e. The summed E-state index contributed by atoms with van der Waals surface area (Å²) < 4.78 is 1.68. The van der Waals surface area contributed by atoms with Gasteiger partial charge in [0.25, 0.3) is 5.91 Å². The molecule has 112 valence electrons. The lowest BCUT2D eigenvalue weighted by atomic mass is 9.99. The average molecular weight is 313 g/mol. The summed E-state index contributed by atoms with van der Waals surface area (Å²) >= 11 is 1.52. The Morgan fingerprint density at radius 1 is 1.45 bits per heavy atom. The average Bonchev–Trinajstić information content (AvgIpc) is 3.09. The molecule has 0 unspecified atom stereocenters. The normalized spacial score (nSPS) is 17.4. The Kier molecular flexibility index (Phi) is 3.16. The number of nitrogens with two attached hydrogens (primary N) is 1. The molecule has 1 amide bonds. The number of thiazole rings is 1. The number of aromatic nitrogens is 3. The van der Waals surface area contributed by atoms with Crippen molar-refractivity contribution in [1.82, 2.24) is 14.6 Å². The molecule has 1 atom stereocenters. The van der Waals surface area contributed by atoms with E-state index in [-0.39, 0.29) is 11.9 Å². The van der Waals surface area contributed by atoms with Crippen LogP contribution in [0.5, 0.6) is 0 Å². The van der Waals surface area contributed by atoms with Crippen molar-refractivity contribution >= 4 is 27.9 Å². The largest absolute Gasteiger partial charge is 0.327 e. The van der Waals surface area contributed by atoms with Crippen LogP contribution in [0.1, 0.15) is 27.3 Å². The van der Waals surface area contributed by atoms with Crippen LogP contribution >= 0.6 is 11.3 Å². The van der Waals surface area contributed by atoms with Gasteiger partial charge in [0, 0.05) is 17.1 Å². The maximum Gasteiger partial charge on any atom is 0.261 e. The molecule has 0 aromatic carbocycles. The van der Waals surface area contributed by atoms with Crippen LogP contribution in [0.4, 0.5) is 5.13 Å². The third-order valence-electron chi connectivity index (χ3n) is 3.87. The fourth-order valence-electron chi connectivity index (χ4n) is 2.73. The van der Waals surface area contributed by atoms with E-state index in [1.165, 1.54) is 16.2 Å². The molecule has 6 nitrogen and oxygen atoms in total. The van der Waals surface area contributed by atoms with E-state index >= 15 is 0 Å². The summed E-state index contributed by atoms with van der Waals surface area (Å²) in [6, 6.07) is 5.83. The molecule has 22 heavy (non-hydrogen) atoms. The first-order chi connectivity index (χ1) is 10.7. The minimum Gasteiger partial charge on any atom is -0.327 e. The second kappa shape index (κ2) is 5.19. The van der Waals surface area contributed by atoms with E-state index in [0.717, 1.165) is 30.5 Å². The van der Waals surface area contributed by atoms with E-state index in [4.69, 9.17) is 5.73 Å². The first-order valence-electron chi connectivity index (χ1n) is 7.18. The number of carbonyl (C=O) groups is 1. The monoisotopic (exact) mass is 313 g/mol. The number of fused-ring (bicyclic) bond motifs is 2. The Hall–Kier alpha value is -2.25. The van der Waals surface area contributed by atoms with Crippen molar-refractivity contribution in [3.8, 4) is 0 Å². The van der Waals surface area contributed by atoms with Crippen molar-refractivity contribution in [2.24, 2.45) is 5.73 Å². The molecule has 3 aromatic rings. The molecule has 1 aliphatic rings. The van der Waals surface area contributed by atoms with Gasteiger partial charge >= 0.3 is 0 Å². The summed E-state index contributed by atoms with van der Waals surface area (Å²) in [5, 5.41) is 7.70. The number of carbonyl (C=O) groups excluding carboxylic acids is 1. The summed E-state index contributed by atoms with van der Waals surface area (Å²) in [5.41, 5.74) is 8.38. The van der Waals surface area contributed by atoms with Gasteiger partial charge < -0.3 is 5.73 Å². The standard InChI is InChI=1S/C15H15N5OS/c16-9-4-5-11-13(7-9)22-15(18-11)19-14(21)10-8-17-20-6-2-1-3-12(10)20/h1-3,6,8-9H,4-5,7,16H2,(H,18,19,21)/t9-/m0/s1. The van der Waals surface area contributed by atoms with Crippen LogP contribution in [-0.2, 0) is 12.8 Å². The molecule has 1 aliphatic carbocycles. The van der Waals surface area contributed by atoms with Crippen LogP contribution in [0, 0.1) is 0 Å². The predicted molar refractivity (Wildman–Crippen MR) is 85.3 cm³/mol. The van der Waals surface area contributed by atoms with Crippen LogP contribution in [0.15, 0.2) is 30.6 Å². The highest BCUT2D eigenvalue weighted by molar-refractivity contribution is 7.15. The fourth-order valence-corrected chi connectivity index (χ4v) is 3.82. The van der Waals surface area contributed by atoms with Crippen LogP contribution in [0.3, 0.4) is 0 Å². The second-order valence-corrected chi connectivity index (χ2v) is 6.52. The molecule has 3 aromatic heterocycles. The lowest BCUT2D eigenvalue weighted by Crippen LogP contribution is -2.27. The molecule has 3 heterocycles. The Bertz CT molecular complexity index is 853. The Morgan fingerprint density at radius 3 is 3.27 bits per heavy atom. The van der Waals surface area contributed by atoms with Gasteiger partial charge in [-0.2, -0.15) is 5.10 Å². The zero-order chi connectivity index (χ0) is 15.1. The first kappa shape index (κ1) is 13.4. The molecule has 0 saturated heterocycles. The molecule has 7 heteroatoms. The van der Waals surface area contributed by atoms with Gasteiger partial charge in [-0.25, -0.2) is 9.50 Å². The maximum atomic E-state index is 12.4. The molecule has 3 N–H and O–H groups in total. The van der Waals surface area contributed by atoms with Gasteiger partial charge in [0.15, 0.2) is 5.13 Å². The van der Waals surface area contributed by atoms with Gasteiger partial charge in [-0.05, 0) is 31.4 Å². The van der Waals surface area contributed by atoms with Gasteiger partial charge in [-0.1, -0.05) is 6.07 Å². The molecule has 0 bridgehead atoms. The summed E-state index contributed by atoms with van der Waals surface area (Å²) in [6.07, 6.45) is 6.08. The SMILES string of the molecule is N[C@H]1CCc2nc(NC(=O)c3cnn4ccccc34)sc2C1. The lowest BCUT2D eigenvalue weighted by molar-refractivity contribution is 0.102. The van der Waals surface area contributed by atoms with Crippen LogP contribution in [0.2, 0.25) is 0 Å². The molecule has 0 fully saturated rings. The zero-order valence-electron chi connectivity index (χ0n) is 11.8. The van der Waals surface area contributed by atoms with Gasteiger partial charge in [0.2, 0.25) is 0 Å². The fraction of sp³-hybridized carbons (Fsp3) is 0.267. The van der Waals surface area contributed by atoms with Crippen molar-refractivity contribution in [1.29, 1.82) is 0 Å². The summed E-state index contributed by atoms with van der Waals surface area (Å²) in [5.74, 6) is -0.184. The van der Waals surface area contributed by atoms with E-state index in [1.807, 2.05) is 24.4 Å². The first-order valence-corrected chi connectivity index (χ1v) is 8.00. The number of amides is 1. The maximum absolute atomic E-state index is 12.4. The van der Waals surface area contributed by atoms with Crippen molar-refractivity contribution in [3.05, 3.63) is 46.7 Å². The lowest BCUT2D eigenvalue weighted by Gasteiger charge is -2.15. The molecular weight excluding hydrogens is 298 g/mol. The number of aryl methyl sites for hydroxylation is 1. The highest BCUT2D eigenvalue weighted by Gasteiger charge is 2.21. The van der Waals surface area contributed by atoms with Crippen LogP contribution < -0.4 is 11.1 Å².